The van der Waals surface area contributed by atoms with E-state index in [-0.39, 0.29) is 11.4 Å². The van der Waals surface area contributed by atoms with Gasteiger partial charge in [0.2, 0.25) is 0 Å². The lowest BCUT2D eigenvalue weighted by Gasteiger charge is -2.16. The normalized spacial score (nSPS) is 16.4. The Hall–Kier alpha value is -0.470. The van der Waals surface area contributed by atoms with Crippen LogP contribution in [0.15, 0.2) is 16.6 Å². The Morgan fingerprint density at radius 3 is 2.43 bits per heavy atom. The van der Waals surface area contributed by atoms with Crippen LogP contribution in [0.4, 0.5) is 13.2 Å². The molecule has 1 atom stereocenters. The zero-order chi connectivity index (χ0) is 15.5. The molecule has 0 aromatic heterocycles. The Kier molecular flexibility index (Phi) is 5.79. The molecule has 118 valence electrons. The maximum Gasteiger partial charge on any atom is 0.411 e. The highest BCUT2D eigenvalue weighted by atomic mass is 79.9. The van der Waals surface area contributed by atoms with Gasteiger partial charge >= 0.3 is 6.18 Å². The van der Waals surface area contributed by atoms with E-state index in [1.165, 1.54) is 0 Å². The Morgan fingerprint density at radius 2 is 1.81 bits per heavy atom. The summed E-state index contributed by atoms with van der Waals surface area (Å²) in [6, 6.07) is 3.51. The standard InChI is InChI=1S/C13H13Br2F3O3/c14-9-5-12-11(20-2-1-3-21-12)4-8(9)10(15)6-19-7-13(16,17)18/h4-5,10H,1-3,6-7H2. The third-order valence-electron chi connectivity index (χ3n) is 2.73. The maximum absolute atomic E-state index is 12.1. The van der Waals surface area contributed by atoms with E-state index in [1.54, 1.807) is 12.1 Å². The first-order valence-electron chi connectivity index (χ1n) is 6.24. The fraction of sp³-hybridized carbons (Fsp3) is 0.538. The first-order chi connectivity index (χ1) is 9.87. The van der Waals surface area contributed by atoms with Crippen LogP contribution < -0.4 is 9.47 Å². The van der Waals surface area contributed by atoms with Crippen LogP contribution in [0.3, 0.4) is 0 Å². The highest BCUT2D eigenvalue weighted by Crippen LogP contribution is 2.40. The summed E-state index contributed by atoms with van der Waals surface area (Å²) in [6.07, 6.45) is -3.54. The van der Waals surface area contributed by atoms with E-state index in [0.717, 1.165) is 16.5 Å². The maximum atomic E-state index is 12.1. The number of rotatable bonds is 4. The van der Waals surface area contributed by atoms with E-state index in [1.807, 2.05) is 0 Å². The lowest BCUT2D eigenvalue weighted by atomic mass is 10.1. The summed E-state index contributed by atoms with van der Waals surface area (Å²) < 4.78 is 52.7. The number of benzene rings is 1. The highest BCUT2D eigenvalue weighted by molar-refractivity contribution is 9.11. The van der Waals surface area contributed by atoms with Crippen molar-refractivity contribution in [3.63, 3.8) is 0 Å². The molecular formula is C13H13Br2F3O3. The summed E-state index contributed by atoms with van der Waals surface area (Å²) in [5.74, 6) is 1.21. The number of fused-ring (bicyclic) bond motifs is 1. The molecule has 0 amide bonds. The van der Waals surface area contributed by atoms with Crippen LogP contribution in [-0.2, 0) is 4.74 Å². The van der Waals surface area contributed by atoms with Crippen LogP contribution in [0.2, 0.25) is 0 Å². The van der Waals surface area contributed by atoms with E-state index < -0.39 is 12.8 Å². The Balaban J connectivity index is 2.06. The molecule has 8 heteroatoms. The summed E-state index contributed by atoms with van der Waals surface area (Å²) in [5.41, 5.74) is 0.751. The quantitative estimate of drug-likeness (QED) is 0.648. The van der Waals surface area contributed by atoms with Crippen LogP contribution in [0.5, 0.6) is 11.5 Å². The van der Waals surface area contributed by atoms with Gasteiger partial charge in [0.1, 0.15) is 6.61 Å². The van der Waals surface area contributed by atoms with Crippen molar-refractivity contribution in [3.05, 3.63) is 22.2 Å². The van der Waals surface area contributed by atoms with Crippen LogP contribution in [0.25, 0.3) is 0 Å². The molecule has 21 heavy (non-hydrogen) atoms. The van der Waals surface area contributed by atoms with Crippen molar-refractivity contribution in [2.24, 2.45) is 0 Å². The molecule has 1 unspecified atom stereocenters. The van der Waals surface area contributed by atoms with Crippen molar-refractivity contribution >= 4 is 31.9 Å². The lowest BCUT2D eigenvalue weighted by Crippen LogP contribution is -2.18. The molecular weight excluding hydrogens is 421 g/mol. The predicted molar refractivity (Wildman–Crippen MR) is 78.3 cm³/mol. The fourth-order valence-electron chi connectivity index (χ4n) is 1.81. The lowest BCUT2D eigenvalue weighted by molar-refractivity contribution is -0.173. The minimum Gasteiger partial charge on any atom is -0.490 e. The van der Waals surface area contributed by atoms with E-state index >= 15 is 0 Å². The van der Waals surface area contributed by atoms with E-state index in [9.17, 15) is 13.2 Å². The smallest absolute Gasteiger partial charge is 0.411 e. The molecule has 0 saturated heterocycles. The molecule has 0 spiro atoms. The third-order valence-corrected chi connectivity index (χ3v) is 4.18. The minimum atomic E-state index is -4.32. The van der Waals surface area contributed by atoms with Gasteiger partial charge in [-0.15, -0.1) is 0 Å². The third kappa shape index (κ3) is 5.03. The van der Waals surface area contributed by atoms with Crippen molar-refractivity contribution in [2.45, 2.75) is 17.4 Å². The largest absolute Gasteiger partial charge is 0.490 e. The first-order valence-corrected chi connectivity index (χ1v) is 7.95. The van der Waals surface area contributed by atoms with Gasteiger partial charge in [-0.1, -0.05) is 31.9 Å². The molecule has 0 bridgehead atoms. The average molecular weight is 434 g/mol. The van der Waals surface area contributed by atoms with Crippen LogP contribution in [0.1, 0.15) is 16.8 Å². The van der Waals surface area contributed by atoms with Crippen molar-refractivity contribution in [2.75, 3.05) is 26.4 Å². The van der Waals surface area contributed by atoms with Crippen LogP contribution in [0, 0.1) is 0 Å². The van der Waals surface area contributed by atoms with Gasteiger partial charge < -0.3 is 14.2 Å². The summed E-state index contributed by atoms with van der Waals surface area (Å²) >= 11 is 6.72. The molecule has 0 saturated carbocycles. The molecule has 0 fully saturated rings. The van der Waals surface area contributed by atoms with Gasteiger partial charge in [0.15, 0.2) is 11.5 Å². The second kappa shape index (κ2) is 7.19. The van der Waals surface area contributed by atoms with Gasteiger partial charge in [0.05, 0.1) is 24.6 Å². The van der Waals surface area contributed by atoms with Crippen molar-refractivity contribution in [1.82, 2.24) is 0 Å². The highest BCUT2D eigenvalue weighted by Gasteiger charge is 2.28. The van der Waals surface area contributed by atoms with Gasteiger partial charge in [0.25, 0.3) is 0 Å². The molecule has 1 aliphatic heterocycles. The van der Waals surface area contributed by atoms with E-state index in [2.05, 4.69) is 36.6 Å². The fourth-order valence-corrected chi connectivity index (χ4v) is 3.28. The summed E-state index contributed by atoms with van der Waals surface area (Å²) in [6.45, 7) is -0.244. The Labute approximate surface area is 137 Å². The van der Waals surface area contributed by atoms with Gasteiger partial charge in [-0.25, -0.2) is 0 Å². The number of halogens is 5. The van der Waals surface area contributed by atoms with Crippen molar-refractivity contribution in [3.8, 4) is 11.5 Å². The molecule has 0 aliphatic carbocycles. The van der Waals surface area contributed by atoms with Gasteiger partial charge in [-0.2, -0.15) is 13.2 Å². The molecule has 0 radical (unpaired) electrons. The Bertz CT molecular complexity index is 494. The zero-order valence-corrected chi connectivity index (χ0v) is 14.1. The number of hydrogen-bond donors (Lipinski definition) is 0. The minimum absolute atomic E-state index is 0.0995. The molecule has 3 nitrogen and oxygen atoms in total. The van der Waals surface area contributed by atoms with Gasteiger partial charge in [-0.05, 0) is 17.7 Å². The van der Waals surface area contributed by atoms with Gasteiger partial charge in [-0.3, -0.25) is 0 Å². The van der Waals surface area contributed by atoms with Gasteiger partial charge in [0, 0.05) is 10.9 Å². The molecule has 1 aromatic rings. The van der Waals surface area contributed by atoms with Crippen LogP contribution >= 0.6 is 31.9 Å². The molecule has 2 rings (SSSR count). The summed E-state index contributed by atoms with van der Waals surface area (Å²) in [4.78, 5) is -0.383. The first kappa shape index (κ1) is 16.9. The van der Waals surface area contributed by atoms with E-state index in [4.69, 9.17) is 9.47 Å². The second-order valence-corrected chi connectivity index (χ2v) is 6.43. The second-order valence-electron chi connectivity index (χ2n) is 4.47. The topological polar surface area (TPSA) is 27.7 Å². The van der Waals surface area contributed by atoms with Crippen molar-refractivity contribution < 1.29 is 27.4 Å². The van der Waals surface area contributed by atoms with E-state index in [0.29, 0.717) is 24.7 Å². The van der Waals surface area contributed by atoms with Crippen molar-refractivity contribution in [1.29, 1.82) is 0 Å². The number of hydrogen-bond acceptors (Lipinski definition) is 3. The zero-order valence-electron chi connectivity index (χ0n) is 10.9. The Morgan fingerprint density at radius 1 is 1.19 bits per heavy atom. The summed E-state index contributed by atoms with van der Waals surface area (Å²) in [7, 11) is 0. The number of ether oxygens (including phenoxy) is 3. The summed E-state index contributed by atoms with van der Waals surface area (Å²) in [5, 5.41) is 0. The van der Waals surface area contributed by atoms with Crippen LogP contribution in [-0.4, -0.2) is 32.6 Å². The molecule has 1 aliphatic rings. The number of alkyl halides is 4. The SMILES string of the molecule is FC(F)(F)COCC(Br)c1cc2c(cc1Br)OCCCO2. The molecule has 0 N–H and O–H groups in total. The molecule has 1 heterocycles. The monoisotopic (exact) mass is 432 g/mol. The molecule has 1 aromatic carbocycles. The predicted octanol–water partition coefficient (Wildman–Crippen LogP) is 4.63. The average Bonchev–Trinajstić information content (AvgIpc) is 2.60.